The normalized spacial score (nSPS) is 32.8. The van der Waals surface area contributed by atoms with Gasteiger partial charge in [0, 0.05) is 31.3 Å². The molecular weight excluding hydrogens is 360 g/mol. The summed E-state index contributed by atoms with van der Waals surface area (Å²) < 4.78 is 27.0. The molecule has 1 spiro atoms. The van der Waals surface area contributed by atoms with Crippen molar-refractivity contribution in [3.05, 3.63) is 35.9 Å². The van der Waals surface area contributed by atoms with Crippen LogP contribution in [-0.2, 0) is 14.8 Å². The quantitative estimate of drug-likeness (QED) is 0.747. The van der Waals surface area contributed by atoms with Crippen molar-refractivity contribution in [2.24, 2.45) is 16.7 Å². The monoisotopic (exact) mass is 388 g/mol. The van der Waals surface area contributed by atoms with Gasteiger partial charge in [-0.3, -0.25) is 4.79 Å². The maximum absolute atomic E-state index is 12.9. The number of fused-ring (bicyclic) bond motifs is 1. The van der Waals surface area contributed by atoms with Crippen molar-refractivity contribution in [3.63, 3.8) is 0 Å². The number of nitrogens with zero attached hydrogens (tertiary/aromatic N) is 2. The number of anilines is 1. The molecule has 1 aromatic carbocycles. The maximum atomic E-state index is 12.9. The molecule has 2 saturated carbocycles. The molecule has 0 N–H and O–H groups in total. The Morgan fingerprint density at radius 1 is 1.22 bits per heavy atom. The molecular formula is C21H28N2O3S. The number of amides is 1. The van der Waals surface area contributed by atoms with Crippen LogP contribution in [0.5, 0.6) is 0 Å². The second kappa shape index (κ2) is 5.84. The first-order valence-electron chi connectivity index (χ1n) is 9.60. The Balaban J connectivity index is 1.59. The topological polar surface area (TPSA) is 57.7 Å². The summed E-state index contributed by atoms with van der Waals surface area (Å²) in [5.41, 5.74) is 1.67. The van der Waals surface area contributed by atoms with Crippen LogP contribution in [0.4, 0.5) is 5.69 Å². The maximum Gasteiger partial charge on any atom is 0.260 e. The summed E-state index contributed by atoms with van der Waals surface area (Å²) in [5.74, 6) is 0.221. The SMILES string of the molecule is CN(C)c1ccc(C=CC(=O)N2[C@H]3C[C@@H]4CC[C@]3(CS2(=O)=O)C4(C)C)cc1. The van der Waals surface area contributed by atoms with Crippen molar-refractivity contribution in [3.8, 4) is 0 Å². The Hall–Kier alpha value is -1.82. The van der Waals surface area contributed by atoms with Crippen LogP contribution in [0.2, 0.25) is 0 Å². The number of carbonyl (C=O) groups excluding carboxylic acids is 1. The average Bonchev–Trinajstić information content (AvgIpc) is 3.07. The zero-order chi connectivity index (χ0) is 19.6. The predicted molar refractivity (Wildman–Crippen MR) is 108 cm³/mol. The predicted octanol–water partition coefficient (Wildman–Crippen LogP) is 3.13. The highest BCUT2D eigenvalue weighted by atomic mass is 32.2. The van der Waals surface area contributed by atoms with Crippen LogP contribution < -0.4 is 4.90 Å². The molecule has 0 unspecified atom stereocenters. The number of benzene rings is 1. The average molecular weight is 389 g/mol. The zero-order valence-corrected chi connectivity index (χ0v) is 17.3. The number of rotatable bonds is 3. The summed E-state index contributed by atoms with van der Waals surface area (Å²) >= 11 is 0. The van der Waals surface area contributed by atoms with E-state index in [-0.39, 0.29) is 22.6 Å². The molecule has 1 amide bonds. The highest BCUT2D eigenvalue weighted by molar-refractivity contribution is 7.90. The van der Waals surface area contributed by atoms with E-state index in [1.807, 2.05) is 43.3 Å². The Labute approximate surface area is 162 Å². The van der Waals surface area contributed by atoms with Gasteiger partial charge in [-0.2, -0.15) is 0 Å². The summed E-state index contributed by atoms with van der Waals surface area (Å²) in [4.78, 5) is 14.9. The van der Waals surface area contributed by atoms with Crippen LogP contribution in [0.25, 0.3) is 6.08 Å². The van der Waals surface area contributed by atoms with Crippen LogP contribution in [0.15, 0.2) is 30.3 Å². The lowest BCUT2D eigenvalue weighted by molar-refractivity contribution is -0.123. The Morgan fingerprint density at radius 3 is 2.48 bits per heavy atom. The van der Waals surface area contributed by atoms with Crippen molar-refractivity contribution in [1.82, 2.24) is 4.31 Å². The summed E-state index contributed by atoms with van der Waals surface area (Å²) in [7, 11) is 0.386. The van der Waals surface area contributed by atoms with Crippen molar-refractivity contribution in [1.29, 1.82) is 0 Å². The minimum atomic E-state index is -3.56. The van der Waals surface area contributed by atoms with E-state index in [1.54, 1.807) is 6.08 Å². The molecule has 2 aliphatic carbocycles. The largest absolute Gasteiger partial charge is 0.378 e. The van der Waals surface area contributed by atoms with Crippen molar-refractivity contribution in [2.45, 2.75) is 39.2 Å². The van der Waals surface area contributed by atoms with Gasteiger partial charge < -0.3 is 4.90 Å². The van der Waals surface area contributed by atoms with Gasteiger partial charge in [-0.15, -0.1) is 0 Å². The molecule has 0 aromatic heterocycles. The van der Waals surface area contributed by atoms with Gasteiger partial charge in [-0.25, -0.2) is 12.7 Å². The van der Waals surface area contributed by atoms with Gasteiger partial charge in [-0.1, -0.05) is 26.0 Å². The molecule has 1 saturated heterocycles. The van der Waals surface area contributed by atoms with Crippen molar-refractivity contribution in [2.75, 3.05) is 24.7 Å². The number of hydrogen-bond acceptors (Lipinski definition) is 4. The van der Waals surface area contributed by atoms with Gasteiger partial charge in [0.15, 0.2) is 0 Å². The molecule has 0 radical (unpaired) electrons. The van der Waals surface area contributed by atoms with Crippen LogP contribution in [0.3, 0.4) is 0 Å². The first kappa shape index (κ1) is 18.5. The number of carbonyl (C=O) groups is 1. The smallest absolute Gasteiger partial charge is 0.260 e. The Bertz CT molecular complexity index is 902. The molecule has 3 aliphatic rings. The molecule has 1 heterocycles. The minimum absolute atomic E-state index is 0.0223. The number of sulfonamides is 1. The van der Waals surface area contributed by atoms with E-state index in [2.05, 4.69) is 13.8 Å². The Morgan fingerprint density at radius 2 is 1.89 bits per heavy atom. The third-order valence-corrected chi connectivity index (χ3v) is 9.37. The lowest BCUT2D eigenvalue weighted by Gasteiger charge is -2.36. The second-order valence-electron chi connectivity index (χ2n) is 9.07. The van der Waals surface area contributed by atoms with Crippen LogP contribution in [-0.4, -0.2) is 44.5 Å². The molecule has 5 nitrogen and oxygen atoms in total. The van der Waals surface area contributed by atoms with Crippen LogP contribution in [0.1, 0.15) is 38.7 Å². The van der Waals surface area contributed by atoms with E-state index in [4.69, 9.17) is 0 Å². The molecule has 3 atom stereocenters. The lowest BCUT2D eigenvalue weighted by atomic mass is 9.69. The lowest BCUT2D eigenvalue weighted by Crippen LogP contribution is -2.43. The van der Waals surface area contributed by atoms with Gasteiger partial charge in [0.05, 0.1) is 11.8 Å². The van der Waals surface area contributed by atoms with Crippen LogP contribution >= 0.6 is 0 Å². The molecule has 146 valence electrons. The first-order valence-corrected chi connectivity index (χ1v) is 11.2. The number of hydrogen-bond donors (Lipinski definition) is 0. The second-order valence-corrected chi connectivity index (χ2v) is 10.9. The minimum Gasteiger partial charge on any atom is -0.378 e. The van der Waals surface area contributed by atoms with Gasteiger partial charge >= 0.3 is 0 Å². The van der Waals surface area contributed by atoms with E-state index in [0.29, 0.717) is 5.92 Å². The van der Waals surface area contributed by atoms with Gasteiger partial charge in [0.25, 0.3) is 5.91 Å². The summed E-state index contributed by atoms with van der Waals surface area (Å²) in [6.45, 7) is 4.38. The molecule has 2 bridgehead atoms. The van der Waals surface area contributed by atoms with E-state index < -0.39 is 15.9 Å². The molecule has 1 aromatic rings. The summed E-state index contributed by atoms with van der Waals surface area (Å²) in [6.07, 6.45) is 5.92. The molecule has 1 aliphatic heterocycles. The fourth-order valence-electron chi connectivity index (χ4n) is 5.70. The third-order valence-electron chi connectivity index (χ3n) is 7.46. The van der Waals surface area contributed by atoms with E-state index in [9.17, 15) is 13.2 Å². The standard InChI is InChI=1S/C21H28N2O3S/c1-20(2)16-11-12-21(20)14-27(25,26)23(18(21)13-16)19(24)10-7-15-5-8-17(9-6-15)22(3)4/h5-10,16,18H,11-14H2,1-4H3/t16-,18-,21+/m0/s1. The molecule has 6 heteroatoms. The summed E-state index contributed by atoms with van der Waals surface area (Å²) in [6, 6.07) is 7.64. The molecule has 27 heavy (non-hydrogen) atoms. The van der Waals surface area contributed by atoms with Crippen molar-refractivity contribution < 1.29 is 13.2 Å². The van der Waals surface area contributed by atoms with E-state index in [0.717, 1.165) is 30.5 Å². The summed E-state index contributed by atoms with van der Waals surface area (Å²) in [5, 5.41) is 0. The molecule has 4 rings (SSSR count). The fraction of sp³-hybridized carbons (Fsp3) is 0.571. The Kier molecular flexibility index (Phi) is 4.01. The van der Waals surface area contributed by atoms with Gasteiger partial charge in [0.1, 0.15) is 0 Å². The zero-order valence-electron chi connectivity index (χ0n) is 16.5. The van der Waals surface area contributed by atoms with Crippen LogP contribution in [0, 0.1) is 16.7 Å². The first-order chi connectivity index (χ1) is 12.6. The highest BCUT2D eigenvalue weighted by Crippen LogP contribution is 2.69. The molecule has 3 fully saturated rings. The van der Waals surface area contributed by atoms with Crippen molar-refractivity contribution >= 4 is 27.7 Å². The van der Waals surface area contributed by atoms with E-state index in [1.165, 1.54) is 10.4 Å². The third kappa shape index (κ3) is 2.56. The highest BCUT2D eigenvalue weighted by Gasteiger charge is 2.72. The van der Waals surface area contributed by atoms with Gasteiger partial charge in [0.2, 0.25) is 10.0 Å². The fourth-order valence-corrected chi connectivity index (χ4v) is 8.21. The van der Waals surface area contributed by atoms with Gasteiger partial charge in [-0.05, 0) is 54.4 Å². The van der Waals surface area contributed by atoms with E-state index >= 15 is 0 Å².